The minimum atomic E-state index is -0.286. The number of aromatic nitrogens is 2. The maximum absolute atomic E-state index is 13.5. The lowest BCUT2D eigenvalue weighted by atomic mass is 10.2. The average molecular weight is 484 g/mol. The van der Waals surface area contributed by atoms with Gasteiger partial charge in [0.2, 0.25) is 0 Å². The van der Waals surface area contributed by atoms with Gasteiger partial charge in [-0.3, -0.25) is 9.48 Å². The number of halogens is 2. The van der Waals surface area contributed by atoms with Crippen molar-refractivity contribution < 1.29 is 13.9 Å². The Morgan fingerprint density at radius 3 is 2.73 bits per heavy atom. The molecule has 4 rings (SSSR count). The molecule has 2 aromatic carbocycles. The molecular weight excluding hydrogens is 461 g/mol. The molecule has 1 amide bonds. The van der Waals surface area contributed by atoms with Gasteiger partial charge in [0.15, 0.2) is 0 Å². The second-order valence-corrected chi connectivity index (χ2v) is 9.12. The van der Waals surface area contributed by atoms with Crippen LogP contribution in [-0.2, 0) is 13.2 Å². The summed E-state index contributed by atoms with van der Waals surface area (Å²) in [6, 6.07) is 13.7. The molecule has 0 spiro atoms. The van der Waals surface area contributed by atoms with Crippen LogP contribution in [-0.4, -0.2) is 15.7 Å². The van der Waals surface area contributed by atoms with Crippen LogP contribution in [0.4, 0.5) is 10.1 Å². The van der Waals surface area contributed by atoms with E-state index < -0.39 is 0 Å². The molecule has 0 aliphatic carbocycles. The van der Waals surface area contributed by atoms with Crippen molar-refractivity contribution in [3.8, 4) is 5.75 Å². The first-order valence-electron chi connectivity index (χ1n) is 10.4. The molecule has 0 saturated heterocycles. The third kappa shape index (κ3) is 5.43. The van der Waals surface area contributed by atoms with Crippen LogP contribution in [0.15, 0.2) is 53.9 Å². The average Bonchev–Trinajstić information content (AvgIpc) is 3.35. The molecule has 0 aliphatic rings. The van der Waals surface area contributed by atoms with E-state index in [2.05, 4.69) is 10.4 Å². The summed E-state index contributed by atoms with van der Waals surface area (Å²) < 4.78 is 21.1. The number of aryl methyl sites for hydroxylation is 2. The summed E-state index contributed by atoms with van der Waals surface area (Å²) in [5.41, 5.74) is 4.84. The molecule has 0 saturated carbocycles. The van der Waals surface area contributed by atoms with Crippen LogP contribution < -0.4 is 10.1 Å². The Labute approximate surface area is 200 Å². The molecule has 0 fully saturated rings. The standard InChI is InChI=1S/C25H23ClFN3O2S/c1-15-9-21(7-8-22(15)26)32-13-19-11-23(33-14-19)25(31)28-24-16(2)29-30(17(24)3)12-18-5-4-6-20(27)10-18/h4-11,14H,12-13H2,1-3H3,(H,28,31). The van der Waals surface area contributed by atoms with E-state index in [1.165, 1.54) is 23.5 Å². The van der Waals surface area contributed by atoms with E-state index in [-0.39, 0.29) is 11.7 Å². The van der Waals surface area contributed by atoms with E-state index in [1.54, 1.807) is 16.8 Å². The molecule has 0 atom stereocenters. The monoisotopic (exact) mass is 483 g/mol. The van der Waals surface area contributed by atoms with Crippen molar-refractivity contribution >= 4 is 34.5 Å². The first-order valence-corrected chi connectivity index (χ1v) is 11.6. The highest BCUT2D eigenvalue weighted by molar-refractivity contribution is 7.12. The van der Waals surface area contributed by atoms with Gasteiger partial charge in [0.1, 0.15) is 18.2 Å². The van der Waals surface area contributed by atoms with E-state index >= 15 is 0 Å². The highest BCUT2D eigenvalue weighted by atomic mass is 35.5. The Kier molecular flexibility index (Phi) is 6.81. The molecule has 0 unspecified atom stereocenters. The van der Waals surface area contributed by atoms with E-state index in [1.807, 2.05) is 50.4 Å². The Morgan fingerprint density at radius 1 is 1.15 bits per heavy atom. The highest BCUT2D eigenvalue weighted by Crippen LogP contribution is 2.25. The largest absolute Gasteiger partial charge is 0.489 e. The Bertz CT molecular complexity index is 1310. The van der Waals surface area contributed by atoms with E-state index in [0.29, 0.717) is 34.4 Å². The topological polar surface area (TPSA) is 56.1 Å². The van der Waals surface area contributed by atoms with Crippen molar-refractivity contribution in [1.29, 1.82) is 0 Å². The zero-order valence-corrected chi connectivity index (χ0v) is 20.1. The summed E-state index contributed by atoms with van der Waals surface area (Å²) in [7, 11) is 0. The number of anilines is 1. The molecule has 2 heterocycles. The first-order chi connectivity index (χ1) is 15.8. The van der Waals surface area contributed by atoms with Crippen molar-refractivity contribution in [2.75, 3.05) is 5.32 Å². The summed E-state index contributed by atoms with van der Waals surface area (Å²) in [6.07, 6.45) is 0. The molecule has 2 aromatic heterocycles. The van der Waals surface area contributed by atoms with Crippen molar-refractivity contribution in [1.82, 2.24) is 9.78 Å². The third-order valence-electron chi connectivity index (χ3n) is 5.25. The molecule has 1 N–H and O–H groups in total. The molecule has 33 heavy (non-hydrogen) atoms. The lowest BCUT2D eigenvalue weighted by Crippen LogP contribution is -2.12. The number of amides is 1. The molecular formula is C25H23ClFN3O2S. The lowest BCUT2D eigenvalue weighted by Gasteiger charge is -2.07. The third-order valence-corrected chi connectivity index (χ3v) is 6.66. The van der Waals surface area contributed by atoms with Gasteiger partial charge in [-0.05, 0) is 73.7 Å². The fraction of sp³-hybridized carbons (Fsp3) is 0.200. The number of benzene rings is 2. The van der Waals surface area contributed by atoms with Crippen LogP contribution in [0, 0.1) is 26.6 Å². The second kappa shape index (κ2) is 9.77. The number of hydrogen-bond donors (Lipinski definition) is 1. The second-order valence-electron chi connectivity index (χ2n) is 7.81. The quantitative estimate of drug-likeness (QED) is 0.324. The fourth-order valence-corrected chi connectivity index (χ4v) is 4.37. The zero-order chi connectivity index (χ0) is 23.5. The van der Waals surface area contributed by atoms with Gasteiger partial charge in [-0.25, -0.2) is 4.39 Å². The molecule has 0 bridgehead atoms. The highest BCUT2D eigenvalue weighted by Gasteiger charge is 2.17. The molecule has 5 nitrogen and oxygen atoms in total. The SMILES string of the molecule is Cc1cc(OCc2csc(C(=O)Nc3c(C)nn(Cc4cccc(F)c4)c3C)c2)ccc1Cl. The van der Waals surface area contributed by atoms with Gasteiger partial charge in [0.05, 0.1) is 28.5 Å². The number of ether oxygens (including phenoxy) is 1. The van der Waals surface area contributed by atoms with Crippen molar-refractivity contribution in [3.63, 3.8) is 0 Å². The number of carbonyl (C=O) groups excluding carboxylic acids is 1. The van der Waals surface area contributed by atoms with E-state index in [9.17, 15) is 9.18 Å². The number of nitrogens with zero attached hydrogens (tertiary/aromatic N) is 2. The van der Waals surface area contributed by atoms with Crippen molar-refractivity contribution in [3.05, 3.63) is 97.7 Å². The number of nitrogens with one attached hydrogen (secondary N) is 1. The molecule has 4 aromatic rings. The molecule has 0 aliphatic heterocycles. The van der Waals surface area contributed by atoms with Gasteiger partial charge in [-0.1, -0.05) is 23.7 Å². The number of rotatable bonds is 7. The van der Waals surface area contributed by atoms with E-state index in [0.717, 1.165) is 28.1 Å². The van der Waals surface area contributed by atoms with Gasteiger partial charge in [0, 0.05) is 10.6 Å². The lowest BCUT2D eigenvalue weighted by molar-refractivity contribution is 0.103. The normalized spacial score (nSPS) is 10.9. The maximum Gasteiger partial charge on any atom is 0.265 e. The maximum atomic E-state index is 13.5. The van der Waals surface area contributed by atoms with Crippen LogP contribution >= 0.6 is 22.9 Å². The predicted octanol–water partition coefficient (Wildman–Crippen LogP) is 6.54. The predicted molar refractivity (Wildman–Crippen MR) is 130 cm³/mol. The van der Waals surface area contributed by atoms with E-state index in [4.69, 9.17) is 16.3 Å². The van der Waals surface area contributed by atoms with Crippen LogP contribution in [0.25, 0.3) is 0 Å². The smallest absolute Gasteiger partial charge is 0.265 e. The van der Waals surface area contributed by atoms with Gasteiger partial charge < -0.3 is 10.1 Å². The Morgan fingerprint density at radius 2 is 1.97 bits per heavy atom. The minimum absolute atomic E-state index is 0.204. The number of hydrogen-bond acceptors (Lipinski definition) is 4. The van der Waals surface area contributed by atoms with Gasteiger partial charge >= 0.3 is 0 Å². The Hall–Kier alpha value is -3.16. The fourth-order valence-electron chi connectivity index (χ4n) is 3.46. The summed E-state index contributed by atoms with van der Waals surface area (Å²) in [6.45, 7) is 6.43. The number of carbonyl (C=O) groups is 1. The van der Waals surface area contributed by atoms with Crippen LogP contribution in [0.5, 0.6) is 5.75 Å². The summed E-state index contributed by atoms with van der Waals surface area (Å²) >= 11 is 7.41. The molecule has 170 valence electrons. The minimum Gasteiger partial charge on any atom is -0.489 e. The van der Waals surface area contributed by atoms with Crippen molar-refractivity contribution in [2.45, 2.75) is 33.9 Å². The number of thiophene rings is 1. The van der Waals surface area contributed by atoms with Crippen LogP contribution in [0.2, 0.25) is 5.02 Å². The molecule has 8 heteroatoms. The first kappa shape index (κ1) is 23.0. The summed E-state index contributed by atoms with van der Waals surface area (Å²) in [4.78, 5) is 13.4. The zero-order valence-electron chi connectivity index (χ0n) is 18.5. The van der Waals surface area contributed by atoms with Gasteiger partial charge in [-0.2, -0.15) is 5.10 Å². The van der Waals surface area contributed by atoms with Gasteiger partial charge in [-0.15, -0.1) is 11.3 Å². The summed E-state index contributed by atoms with van der Waals surface area (Å²) in [5, 5.41) is 10.1. The molecule has 0 radical (unpaired) electrons. The van der Waals surface area contributed by atoms with Crippen molar-refractivity contribution in [2.24, 2.45) is 0 Å². The summed E-state index contributed by atoms with van der Waals surface area (Å²) in [5.74, 6) is 0.238. The van der Waals surface area contributed by atoms with Crippen LogP contribution in [0.1, 0.15) is 37.7 Å². The Balaban J connectivity index is 1.42. The van der Waals surface area contributed by atoms with Crippen LogP contribution in [0.3, 0.4) is 0 Å². The van der Waals surface area contributed by atoms with Gasteiger partial charge in [0.25, 0.3) is 5.91 Å².